The van der Waals surface area contributed by atoms with Gasteiger partial charge in [0, 0.05) is 31.1 Å². The van der Waals surface area contributed by atoms with Gasteiger partial charge in [-0.2, -0.15) is 10.5 Å². The van der Waals surface area contributed by atoms with Crippen molar-refractivity contribution in [2.75, 3.05) is 32.7 Å². The zero-order valence-corrected chi connectivity index (χ0v) is 14.2. The van der Waals surface area contributed by atoms with E-state index in [1.807, 2.05) is 12.1 Å². The van der Waals surface area contributed by atoms with E-state index in [-0.39, 0.29) is 5.92 Å². The third-order valence-electron chi connectivity index (χ3n) is 4.60. The molecular weight excluding hydrogens is 292 g/mol. The Hall–Kier alpha value is -1.40. The summed E-state index contributed by atoms with van der Waals surface area (Å²) in [6.07, 6.45) is 1.88. The minimum atomic E-state index is -0.464. The fraction of sp³-hybridized carbons (Fsp3) is 0.647. The number of piperazine rings is 1. The van der Waals surface area contributed by atoms with Crippen LogP contribution in [0, 0.1) is 28.6 Å². The van der Waals surface area contributed by atoms with E-state index >= 15 is 0 Å². The highest BCUT2D eigenvalue weighted by molar-refractivity contribution is 7.12. The summed E-state index contributed by atoms with van der Waals surface area (Å²) in [4.78, 5) is 4.20. The second-order valence-electron chi connectivity index (χ2n) is 6.21. The van der Waals surface area contributed by atoms with E-state index < -0.39 is 5.41 Å². The van der Waals surface area contributed by atoms with E-state index in [0.717, 1.165) is 50.4 Å². The highest BCUT2D eigenvalue weighted by Gasteiger charge is 2.37. The van der Waals surface area contributed by atoms with Crippen molar-refractivity contribution in [3.05, 3.63) is 21.9 Å². The summed E-state index contributed by atoms with van der Waals surface area (Å²) >= 11 is 1.47. The van der Waals surface area contributed by atoms with Crippen LogP contribution in [0.25, 0.3) is 0 Å². The number of hydrogen-bond donors (Lipinski definition) is 1. The summed E-state index contributed by atoms with van der Waals surface area (Å²) in [6.45, 7) is 9.58. The number of thiophene rings is 1. The smallest absolute Gasteiger partial charge is 0.110 e. The Labute approximate surface area is 137 Å². The van der Waals surface area contributed by atoms with Crippen molar-refractivity contribution in [1.82, 2.24) is 10.2 Å². The molecule has 0 saturated carbocycles. The van der Waals surface area contributed by atoms with Crippen LogP contribution in [0.2, 0.25) is 0 Å². The van der Waals surface area contributed by atoms with Gasteiger partial charge in [0.2, 0.25) is 0 Å². The fourth-order valence-corrected chi connectivity index (χ4v) is 4.21. The summed E-state index contributed by atoms with van der Waals surface area (Å²) in [7, 11) is 0. The predicted molar refractivity (Wildman–Crippen MR) is 89.7 cm³/mol. The van der Waals surface area contributed by atoms with E-state index in [9.17, 15) is 5.26 Å². The molecular formula is C17H24N4S. The average Bonchev–Trinajstić information content (AvgIpc) is 3.02. The quantitative estimate of drug-likeness (QED) is 0.876. The molecule has 1 saturated heterocycles. The maximum atomic E-state index is 9.87. The molecule has 4 nitrogen and oxygen atoms in total. The molecule has 1 N–H and O–H groups in total. The first kappa shape index (κ1) is 17.0. The minimum absolute atomic E-state index is 0.241. The maximum absolute atomic E-state index is 9.87. The molecule has 0 spiro atoms. The van der Waals surface area contributed by atoms with Crippen molar-refractivity contribution >= 4 is 11.3 Å². The molecule has 22 heavy (non-hydrogen) atoms. The molecule has 2 rings (SSSR count). The lowest BCUT2D eigenvalue weighted by Crippen LogP contribution is -2.44. The van der Waals surface area contributed by atoms with E-state index in [1.54, 1.807) is 0 Å². The molecule has 0 radical (unpaired) electrons. The first-order chi connectivity index (χ1) is 10.6. The highest BCUT2D eigenvalue weighted by Crippen LogP contribution is 2.40. The molecule has 118 valence electrons. The van der Waals surface area contributed by atoms with Crippen LogP contribution in [0.3, 0.4) is 0 Å². The molecule has 1 fully saturated rings. The van der Waals surface area contributed by atoms with Crippen LogP contribution in [0.5, 0.6) is 0 Å². The van der Waals surface area contributed by atoms with Crippen LogP contribution in [0.15, 0.2) is 12.1 Å². The van der Waals surface area contributed by atoms with E-state index in [4.69, 9.17) is 5.26 Å². The number of nitriles is 2. The first-order valence-corrected chi connectivity index (χ1v) is 8.79. The maximum Gasteiger partial charge on any atom is 0.110 e. The monoisotopic (exact) mass is 316 g/mol. The molecule has 0 amide bonds. The average molecular weight is 316 g/mol. The molecule has 0 aliphatic carbocycles. The van der Waals surface area contributed by atoms with Crippen LogP contribution >= 0.6 is 11.3 Å². The van der Waals surface area contributed by atoms with Crippen LogP contribution < -0.4 is 5.32 Å². The van der Waals surface area contributed by atoms with Gasteiger partial charge >= 0.3 is 0 Å². The third-order valence-corrected chi connectivity index (χ3v) is 5.76. The van der Waals surface area contributed by atoms with E-state index in [1.165, 1.54) is 11.3 Å². The molecule has 0 aromatic carbocycles. The molecule has 1 aliphatic heterocycles. The molecule has 1 aromatic heterocycles. The Kier molecular flexibility index (Phi) is 5.97. The van der Waals surface area contributed by atoms with Crippen molar-refractivity contribution < 1.29 is 0 Å². The summed E-state index contributed by atoms with van der Waals surface area (Å²) < 4.78 is 0. The Balaban J connectivity index is 2.05. The van der Waals surface area contributed by atoms with Crippen molar-refractivity contribution in [2.24, 2.45) is 5.92 Å². The largest absolute Gasteiger partial charge is 0.314 e. The first-order valence-electron chi connectivity index (χ1n) is 7.97. The SMILES string of the molecule is CC(C)C(C#N)(CCCN1CCNCC1)c1ccc(C#N)s1. The Morgan fingerprint density at radius 1 is 1.32 bits per heavy atom. The summed E-state index contributed by atoms with van der Waals surface area (Å²) in [6, 6.07) is 8.57. The van der Waals surface area contributed by atoms with Crippen LogP contribution in [-0.4, -0.2) is 37.6 Å². The molecule has 1 atom stereocenters. The van der Waals surface area contributed by atoms with Gasteiger partial charge in [0.25, 0.3) is 0 Å². The van der Waals surface area contributed by atoms with E-state index in [0.29, 0.717) is 4.88 Å². The van der Waals surface area contributed by atoms with Gasteiger partial charge in [-0.3, -0.25) is 0 Å². The second-order valence-corrected chi connectivity index (χ2v) is 7.29. The Morgan fingerprint density at radius 2 is 2.05 bits per heavy atom. The molecule has 2 heterocycles. The zero-order valence-electron chi connectivity index (χ0n) is 13.4. The van der Waals surface area contributed by atoms with E-state index in [2.05, 4.69) is 36.2 Å². The topological polar surface area (TPSA) is 62.9 Å². The molecule has 1 aliphatic rings. The molecule has 1 aromatic rings. The van der Waals surface area contributed by atoms with Crippen molar-refractivity contribution in [3.8, 4) is 12.1 Å². The summed E-state index contributed by atoms with van der Waals surface area (Å²) in [5.41, 5.74) is -0.464. The van der Waals surface area contributed by atoms with Gasteiger partial charge in [-0.15, -0.1) is 11.3 Å². The lowest BCUT2D eigenvalue weighted by atomic mass is 9.73. The lowest BCUT2D eigenvalue weighted by molar-refractivity contribution is 0.226. The summed E-state index contributed by atoms with van der Waals surface area (Å²) in [5.74, 6) is 0.241. The fourth-order valence-electron chi connectivity index (χ4n) is 3.09. The normalized spacial score (nSPS) is 18.6. The van der Waals surface area contributed by atoms with Crippen molar-refractivity contribution in [1.29, 1.82) is 10.5 Å². The molecule has 5 heteroatoms. The lowest BCUT2D eigenvalue weighted by Gasteiger charge is -2.32. The minimum Gasteiger partial charge on any atom is -0.314 e. The second kappa shape index (κ2) is 7.74. The van der Waals surface area contributed by atoms with Gasteiger partial charge in [0.05, 0.1) is 11.5 Å². The van der Waals surface area contributed by atoms with Gasteiger partial charge in [-0.25, -0.2) is 0 Å². The van der Waals surface area contributed by atoms with Gasteiger partial charge in [0.1, 0.15) is 10.9 Å². The molecule has 1 unspecified atom stereocenters. The third kappa shape index (κ3) is 3.67. The predicted octanol–water partition coefficient (Wildman–Crippen LogP) is 2.72. The van der Waals surface area contributed by atoms with Gasteiger partial charge in [-0.05, 0) is 37.4 Å². The Bertz CT molecular complexity index is 560. The number of nitrogens with one attached hydrogen (secondary N) is 1. The Morgan fingerprint density at radius 3 is 2.59 bits per heavy atom. The standard InChI is InChI=1S/C17H24N4S/c1-14(2)17(13-19,16-5-4-15(12-18)22-16)6-3-9-21-10-7-20-8-11-21/h4-5,14,20H,3,6-11H2,1-2H3. The number of hydrogen-bond acceptors (Lipinski definition) is 5. The zero-order chi connectivity index (χ0) is 16.0. The van der Waals surface area contributed by atoms with Crippen LogP contribution in [0.4, 0.5) is 0 Å². The van der Waals surface area contributed by atoms with Gasteiger partial charge < -0.3 is 10.2 Å². The van der Waals surface area contributed by atoms with Crippen molar-refractivity contribution in [2.45, 2.75) is 32.1 Å². The number of rotatable bonds is 6. The van der Waals surface area contributed by atoms with Gasteiger partial charge in [0.15, 0.2) is 0 Å². The van der Waals surface area contributed by atoms with Crippen LogP contribution in [-0.2, 0) is 5.41 Å². The summed E-state index contributed by atoms with van der Waals surface area (Å²) in [5, 5.41) is 22.3. The highest BCUT2D eigenvalue weighted by atomic mass is 32.1. The van der Waals surface area contributed by atoms with Crippen LogP contribution in [0.1, 0.15) is 36.4 Å². The number of nitrogens with zero attached hydrogens (tertiary/aromatic N) is 3. The van der Waals surface area contributed by atoms with Gasteiger partial charge in [-0.1, -0.05) is 13.8 Å². The van der Waals surface area contributed by atoms with Crippen molar-refractivity contribution in [3.63, 3.8) is 0 Å². The molecule has 0 bridgehead atoms.